The summed E-state index contributed by atoms with van der Waals surface area (Å²) in [6.07, 6.45) is 4.66. The number of hydrogen-bond acceptors (Lipinski definition) is 5. The second-order valence-corrected chi connectivity index (χ2v) is 5.76. The Bertz CT molecular complexity index is 609. The van der Waals surface area contributed by atoms with Gasteiger partial charge in [-0.2, -0.15) is 0 Å². The standard InChI is InChI=1S/C14H15N3O3S/c18-13(16-9-12-15-5-8-21-12)10-3-1-6-17(10)14(19)11-4-2-7-20-11/h2,4-5,7-8,10H,1,3,6,9H2,(H,16,18)/t10-/m0/s1. The van der Waals surface area contributed by atoms with Crippen LogP contribution >= 0.6 is 11.3 Å². The quantitative estimate of drug-likeness (QED) is 0.932. The van der Waals surface area contributed by atoms with Crippen LogP contribution in [0.2, 0.25) is 0 Å². The van der Waals surface area contributed by atoms with E-state index < -0.39 is 6.04 Å². The van der Waals surface area contributed by atoms with Crippen molar-refractivity contribution >= 4 is 23.2 Å². The van der Waals surface area contributed by atoms with Gasteiger partial charge in [-0.3, -0.25) is 9.59 Å². The van der Waals surface area contributed by atoms with Crippen LogP contribution in [-0.2, 0) is 11.3 Å². The number of amides is 2. The van der Waals surface area contributed by atoms with Crippen LogP contribution in [0.5, 0.6) is 0 Å². The molecule has 1 saturated heterocycles. The molecule has 2 amide bonds. The summed E-state index contributed by atoms with van der Waals surface area (Å²) in [5.74, 6) is -0.0934. The second-order valence-electron chi connectivity index (χ2n) is 4.78. The van der Waals surface area contributed by atoms with Gasteiger partial charge in [0, 0.05) is 18.1 Å². The molecule has 21 heavy (non-hydrogen) atoms. The monoisotopic (exact) mass is 305 g/mol. The molecule has 0 saturated carbocycles. The molecule has 2 aromatic heterocycles. The van der Waals surface area contributed by atoms with E-state index in [9.17, 15) is 9.59 Å². The molecule has 3 heterocycles. The van der Waals surface area contributed by atoms with Crippen molar-refractivity contribution in [2.24, 2.45) is 0 Å². The van der Waals surface area contributed by atoms with E-state index in [0.717, 1.165) is 11.4 Å². The van der Waals surface area contributed by atoms with Crippen LogP contribution in [0, 0.1) is 0 Å². The fourth-order valence-corrected chi connectivity index (χ4v) is 3.00. The Balaban J connectivity index is 1.63. The van der Waals surface area contributed by atoms with Gasteiger partial charge in [0.1, 0.15) is 11.0 Å². The van der Waals surface area contributed by atoms with Gasteiger partial charge in [0.25, 0.3) is 5.91 Å². The predicted molar refractivity (Wildman–Crippen MR) is 76.7 cm³/mol. The Morgan fingerprint density at radius 1 is 1.52 bits per heavy atom. The zero-order chi connectivity index (χ0) is 14.7. The summed E-state index contributed by atoms with van der Waals surface area (Å²) in [6.45, 7) is 0.977. The molecular weight excluding hydrogens is 290 g/mol. The number of nitrogens with one attached hydrogen (secondary N) is 1. The van der Waals surface area contributed by atoms with Gasteiger partial charge in [-0.15, -0.1) is 11.3 Å². The predicted octanol–water partition coefficient (Wildman–Crippen LogP) is 1.66. The molecule has 7 heteroatoms. The molecule has 1 aliphatic heterocycles. The largest absolute Gasteiger partial charge is 0.459 e. The highest BCUT2D eigenvalue weighted by molar-refractivity contribution is 7.09. The minimum atomic E-state index is -0.428. The fraction of sp³-hybridized carbons (Fsp3) is 0.357. The topological polar surface area (TPSA) is 75.4 Å². The highest BCUT2D eigenvalue weighted by Crippen LogP contribution is 2.20. The van der Waals surface area contributed by atoms with Crippen LogP contribution in [0.1, 0.15) is 28.4 Å². The number of thiazole rings is 1. The third-order valence-corrected chi connectivity index (χ3v) is 4.23. The summed E-state index contributed by atoms with van der Waals surface area (Å²) in [4.78, 5) is 30.3. The van der Waals surface area contributed by atoms with Gasteiger partial charge in [-0.25, -0.2) is 4.98 Å². The molecule has 0 radical (unpaired) electrons. The molecule has 0 bridgehead atoms. The highest BCUT2D eigenvalue weighted by atomic mass is 32.1. The average molecular weight is 305 g/mol. The van der Waals surface area contributed by atoms with E-state index in [1.807, 2.05) is 5.38 Å². The number of hydrogen-bond donors (Lipinski definition) is 1. The van der Waals surface area contributed by atoms with E-state index in [2.05, 4.69) is 10.3 Å². The summed E-state index contributed by atoms with van der Waals surface area (Å²) >= 11 is 1.49. The molecule has 3 rings (SSSR count). The number of rotatable bonds is 4. The van der Waals surface area contributed by atoms with Crippen molar-refractivity contribution in [1.82, 2.24) is 15.2 Å². The first-order valence-electron chi connectivity index (χ1n) is 6.76. The zero-order valence-corrected chi connectivity index (χ0v) is 12.1. The molecule has 6 nitrogen and oxygen atoms in total. The van der Waals surface area contributed by atoms with Crippen molar-refractivity contribution in [3.63, 3.8) is 0 Å². The minimum Gasteiger partial charge on any atom is -0.459 e. The van der Waals surface area contributed by atoms with Crippen LogP contribution in [0.3, 0.4) is 0 Å². The van der Waals surface area contributed by atoms with E-state index in [1.54, 1.807) is 23.2 Å². The highest BCUT2D eigenvalue weighted by Gasteiger charge is 2.35. The minimum absolute atomic E-state index is 0.136. The second kappa shape index (κ2) is 6.09. The molecule has 0 aliphatic carbocycles. The van der Waals surface area contributed by atoms with Crippen molar-refractivity contribution in [3.05, 3.63) is 40.7 Å². The van der Waals surface area contributed by atoms with E-state index >= 15 is 0 Å². The molecule has 1 aliphatic rings. The molecule has 2 aromatic rings. The molecule has 110 valence electrons. The lowest BCUT2D eigenvalue weighted by Gasteiger charge is -2.22. The maximum absolute atomic E-state index is 12.3. The van der Waals surface area contributed by atoms with Crippen LogP contribution in [-0.4, -0.2) is 34.3 Å². The van der Waals surface area contributed by atoms with Gasteiger partial charge in [0.2, 0.25) is 5.91 Å². The van der Waals surface area contributed by atoms with Crippen LogP contribution in [0.4, 0.5) is 0 Å². The number of likely N-dealkylation sites (tertiary alicyclic amines) is 1. The fourth-order valence-electron chi connectivity index (χ4n) is 2.44. The Kier molecular flexibility index (Phi) is 4.01. The zero-order valence-electron chi connectivity index (χ0n) is 11.3. The lowest BCUT2D eigenvalue weighted by atomic mass is 10.2. The van der Waals surface area contributed by atoms with E-state index in [0.29, 0.717) is 19.5 Å². The number of furan rings is 1. The number of aromatic nitrogens is 1. The Morgan fingerprint density at radius 2 is 2.43 bits per heavy atom. The van der Waals surface area contributed by atoms with Gasteiger partial charge in [-0.1, -0.05) is 0 Å². The van der Waals surface area contributed by atoms with Crippen molar-refractivity contribution in [2.75, 3.05) is 6.54 Å². The summed E-state index contributed by atoms with van der Waals surface area (Å²) in [5, 5.41) is 5.56. The van der Waals surface area contributed by atoms with Gasteiger partial charge >= 0.3 is 0 Å². The average Bonchev–Trinajstić information content (AvgIpc) is 3.26. The molecule has 0 spiro atoms. The number of carbonyl (C=O) groups is 2. The number of nitrogens with zero attached hydrogens (tertiary/aromatic N) is 2. The molecule has 0 aromatic carbocycles. The SMILES string of the molecule is O=C(NCc1nccs1)[C@@H]1CCCN1C(=O)c1ccco1. The van der Waals surface area contributed by atoms with Crippen LogP contribution < -0.4 is 5.32 Å². The molecular formula is C14H15N3O3S. The van der Waals surface area contributed by atoms with Crippen molar-refractivity contribution in [3.8, 4) is 0 Å². The van der Waals surface area contributed by atoms with Gasteiger partial charge in [0.05, 0.1) is 12.8 Å². The maximum Gasteiger partial charge on any atom is 0.290 e. The van der Waals surface area contributed by atoms with Crippen molar-refractivity contribution in [1.29, 1.82) is 0 Å². The van der Waals surface area contributed by atoms with Gasteiger partial charge in [-0.05, 0) is 25.0 Å². The molecule has 1 N–H and O–H groups in total. The maximum atomic E-state index is 12.3. The molecule has 1 atom stereocenters. The van der Waals surface area contributed by atoms with Crippen molar-refractivity contribution in [2.45, 2.75) is 25.4 Å². The third-order valence-electron chi connectivity index (χ3n) is 3.45. The Morgan fingerprint density at radius 3 is 3.14 bits per heavy atom. The van der Waals surface area contributed by atoms with E-state index in [4.69, 9.17) is 4.42 Å². The molecule has 0 unspecified atom stereocenters. The van der Waals surface area contributed by atoms with Crippen LogP contribution in [0.25, 0.3) is 0 Å². The summed E-state index contributed by atoms with van der Waals surface area (Å²) in [5.41, 5.74) is 0. The van der Waals surface area contributed by atoms with Crippen molar-refractivity contribution < 1.29 is 14.0 Å². The summed E-state index contributed by atoms with van der Waals surface area (Å²) in [7, 11) is 0. The third kappa shape index (κ3) is 2.97. The summed E-state index contributed by atoms with van der Waals surface area (Å²) in [6, 6.07) is 2.86. The Hall–Kier alpha value is -2.15. The first-order chi connectivity index (χ1) is 10.3. The lowest BCUT2D eigenvalue weighted by Crippen LogP contribution is -2.45. The first-order valence-corrected chi connectivity index (χ1v) is 7.64. The number of carbonyl (C=O) groups excluding carboxylic acids is 2. The van der Waals surface area contributed by atoms with Crippen LogP contribution in [0.15, 0.2) is 34.4 Å². The lowest BCUT2D eigenvalue weighted by molar-refractivity contribution is -0.125. The smallest absolute Gasteiger partial charge is 0.290 e. The van der Waals surface area contributed by atoms with Gasteiger partial charge < -0.3 is 14.6 Å². The van der Waals surface area contributed by atoms with E-state index in [-0.39, 0.29) is 17.6 Å². The Labute approximate surface area is 125 Å². The first kappa shape index (κ1) is 13.8. The normalized spacial score (nSPS) is 17.9. The van der Waals surface area contributed by atoms with E-state index in [1.165, 1.54) is 17.6 Å². The van der Waals surface area contributed by atoms with Gasteiger partial charge in [0.15, 0.2) is 5.76 Å². The molecule has 1 fully saturated rings. The summed E-state index contributed by atoms with van der Waals surface area (Å²) < 4.78 is 5.12.